The number of rotatable bonds is 4. The molecule has 0 spiro atoms. The Hall–Kier alpha value is -2.11. The zero-order chi connectivity index (χ0) is 15.2. The molecule has 0 aromatic carbocycles. The van der Waals surface area contributed by atoms with Crippen LogP contribution in [-0.2, 0) is 4.79 Å². The van der Waals surface area contributed by atoms with Crippen molar-refractivity contribution >= 4 is 17.5 Å². The van der Waals surface area contributed by atoms with Crippen molar-refractivity contribution in [3.8, 4) is 0 Å². The standard InChI is InChI=1S/C15H22N4O2/c1-3-5-17-15(21)14-11-13(4-6-16-14)19-9-7-18(8-10-19)12(2)20/h4,6,11H,3,5,7-10H2,1-2H3,(H,17,21). The maximum absolute atomic E-state index is 11.9. The van der Waals surface area contributed by atoms with E-state index in [1.165, 1.54) is 0 Å². The number of hydrogen-bond donors (Lipinski definition) is 1. The molecule has 1 fully saturated rings. The van der Waals surface area contributed by atoms with Crippen LogP contribution in [0.3, 0.4) is 0 Å². The molecule has 0 bridgehead atoms. The topological polar surface area (TPSA) is 65.5 Å². The smallest absolute Gasteiger partial charge is 0.269 e. The Morgan fingerprint density at radius 1 is 1.29 bits per heavy atom. The zero-order valence-corrected chi connectivity index (χ0v) is 12.6. The molecule has 114 valence electrons. The molecule has 1 N–H and O–H groups in total. The van der Waals surface area contributed by atoms with Crippen molar-refractivity contribution in [1.82, 2.24) is 15.2 Å². The Balaban J connectivity index is 2.01. The highest BCUT2D eigenvalue weighted by molar-refractivity contribution is 5.93. The van der Waals surface area contributed by atoms with Gasteiger partial charge in [-0.25, -0.2) is 0 Å². The largest absolute Gasteiger partial charge is 0.368 e. The number of nitrogens with one attached hydrogen (secondary N) is 1. The lowest BCUT2D eigenvalue weighted by molar-refractivity contribution is -0.129. The van der Waals surface area contributed by atoms with Crippen molar-refractivity contribution in [2.75, 3.05) is 37.6 Å². The van der Waals surface area contributed by atoms with Crippen LogP contribution >= 0.6 is 0 Å². The Bertz CT molecular complexity index is 510. The molecule has 1 saturated heterocycles. The molecule has 1 aliphatic heterocycles. The van der Waals surface area contributed by atoms with Crippen LogP contribution < -0.4 is 10.2 Å². The molecule has 0 radical (unpaired) electrons. The van der Waals surface area contributed by atoms with E-state index >= 15 is 0 Å². The lowest BCUT2D eigenvalue weighted by Gasteiger charge is -2.35. The summed E-state index contributed by atoms with van der Waals surface area (Å²) in [6, 6.07) is 3.72. The third-order valence-electron chi connectivity index (χ3n) is 3.60. The van der Waals surface area contributed by atoms with Crippen molar-refractivity contribution < 1.29 is 9.59 Å². The van der Waals surface area contributed by atoms with Gasteiger partial charge in [0.05, 0.1) is 0 Å². The van der Waals surface area contributed by atoms with Gasteiger partial charge in [-0.2, -0.15) is 0 Å². The van der Waals surface area contributed by atoms with Gasteiger partial charge in [0.15, 0.2) is 0 Å². The zero-order valence-electron chi connectivity index (χ0n) is 12.6. The molecule has 0 aliphatic carbocycles. The van der Waals surface area contributed by atoms with Crippen LogP contribution in [-0.4, -0.2) is 54.4 Å². The number of carbonyl (C=O) groups excluding carboxylic acids is 2. The first-order chi connectivity index (χ1) is 10.1. The summed E-state index contributed by atoms with van der Waals surface area (Å²) in [5.74, 6) is -0.0231. The third-order valence-corrected chi connectivity index (χ3v) is 3.60. The first kappa shape index (κ1) is 15.3. The molecular weight excluding hydrogens is 268 g/mol. The predicted molar refractivity (Wildman–Crippen MR) is 81.3 cm³/mol. The number of amides is 2. The molecule has 2 amide bonds. The SMILES string of the molecule is CCCNC(=O)c1cc(N2CCN(C(C)=O)CC2)ccn1. The van der Waals surface area contributed by atoms with E-state index in [-0.39, 0.29) is 11.8 Å². The molecule has 0 unspecified atom stereocenters. The highest BCUT2D eigenvalue weighted by atomic mass is 16.2. The summed E-state index contributed by atoms with van der Waals surface area (Å²) >= 11 is 0. The van der Waals surface area contributed by atoms with Crippen molar-refractivity contribution in [1.29, 1.82) is 0 Å². The van der Waals surface area contributed by atoms with Crippen molar-refractivity contribution in [2.24, 2.45) is 0 Å². The monoisotopic (exact) mass is 290 g/mol. The highest BCUT2D eigenvalue weighted by Gasteiger charge is 2.19. The Kier molecular flexibility index (Phi) is 5.14. The number of anilines is 1. The van der Waals surface area contributed by atoms with Crippen LogP contribution in [0.2, 0.25) is 0 Å². The predicted octanol–water partition coefficient (Wildman–Crippen LogP) is 0.890. The average Bonchev–Trinajstić information content (AvgIpc) is 2.52. The van der Waals surface area contributed by atoms with Crippen LogP contribution in [0.5, 0.6) is 0 Å². The second kappa shape index (κ2) is 7.06. The highest BCUT2D eigenvalue weighted by Crippen LogP contribution is 2.17. The van der Waals surface area contributed by atoms with Gasteiger partial charge in [-0.1, -0.05) is 6.92 Å². The molecule has 2 heterocycles. The minimum Gasteiger partial charge on any atom is -0.368 e. The summed E-state index contributed by atoms with van der Waals surface area (Å²) in [6.45, 7) is 7.25. The molecule has 0 saturated carbocycles. The van der Waals surface area contributed by atoms with Gasteiger partial charge in [-0.3, -0.25) is 14.6 Å². The van der Waals surface area contributed by atoms with Gasteiger partial charge < -0.3 is 15.1 Å². The summed E-state index contributed by atoms with van der Waals surface area (Å²) in [7, 11) is 0. The van der Waals surface area contributed by atoms with Crippen LogP contribution in [0.1, 0.15) is 30.8 Å². The fourth-order valence-corrected chi connectivity index (χ4v) is 2.35. The van der Waals surface area contributed by atoms with E-state index in [1.807, 2.05) is 24.0 Å². The summed E-state index contributed by atoms with van der Waals surface area (Å²) in [6.07, 6.45) is 2.56. The summed E-state index contributed by atoms with van der Waals surface area (Å²) in [4.78, 5) is 31.4. The van der Waals surface area contributed by atoms with E-state index in [0.29, 0.717) is 12.2 Å². The van der Waals surface area contributed by atoms with Gasteiger partial charge in [-0.15, -0.1) is 0 Å². The lowest BCUT2D eigenvalue weighted by Crippen LogP contribution is -2.48. The van der Waals surface area contributed by atoms with E-state index in [4.69, 9.17) is 0 Å². The normalized spacial score (nSPS) is 15.0. The van der Waals surface area contributed by atoms with Crippen LogP contribution in [0.4, 0.5) is 5.69 Å². The fourth-order valence-electron chi connectivity index (χ4n) is 2.35. The lowest BCUT2D eigenvalue weighted by atomic mass is 10.2. The minimum absolute atomic E-state index is 0.115. The van der Waals surface area contributed by atoms with Gasteiger partial charge in [0.2, 0.25) is 5.91 Å². The molecule has 1 aliphatic rings. The van der Waals surface area contributed by atoms with E-state index in [2.05, 4.69) is 15.2 Å². The number of pyridine rings is 1. The van der Waals surface area contributed by atoms with Gasteiger partial charge in [-0.05, 0) is 18.6 Å². The number of hydrogen-bond acceptors (Lipinski definition) is 4. The first-order valence-electron chi connectivity index (χ1n) is 7.36. The maximum atomic E-state index is 11.9. The number of piperazine rings is 1. The van der Waals surface area contributed by atoms with E-state index < -0.39 is 0 Å². The van der Waals surface area contributed by atoms with E-state index in [0.717, 1.165) is 38.3 Å². The maximum Gasteiger partial charge on any atom is 0.269 e. The first-order valence-corrected chi connectivity index (χ1v) is 7.36. The molecule has 2 rings (SSSR count). The third kappa shape index (κ3) is 3.93. The van der Waals surface area contributed by atoms with Crippen LogP contribution in [0.15, 0.2) is 18.3 Å². The Labute approximate surface area is 125 Å². The van der Waals surface area contributed by atoms with E-state index in [1.54, 1.807) is 13.1 Å². The number of aromatic nitrogens is 1. The number of nitrogens with zero attached hydrogens (tertiary/aromatic N) is 3. The Morgan fingerprint density at radius 2 is 2.00 bits per heavy atom. The molecule has 6 heteroatoms. The second-order valence-electron chi connectivity index (χ2n) is 5.15. The number of carbonyl (C=O) groups is 2. The van der Waals surface area contributed by atoms with Gasteiger partial charge in [0.25, 0.3) is 5.91 Å². The minimum atomic E-state index is -0.138. The molecule has 0 atom stereocenters. The Morgan fingerprint density at radius 3 is 2.62 bits per heavy atom. The van der Waals surface area contributed by atoms with E-state index in [9.17, 15) is 9.59 Å². The van der Waals surface area contributed by atoms with Crippen LogP contribution in [0, 0.1) is 0 Å². The van der Waals surface area contributed by atoms with Crippen molar-refractivity contribution in [3.63, 3.8) is 0 Å². The van der Waals surface area contributed by atoms with Gasteiger partial charge in [0.1, 0.15) is 5.69 Å². The summed E-state index contributed by atoms with van der Waals surface area (Å²) < 4.78 is 0. The molecular formula is C15H22N4O2. The molecule has 1 aromatic rings. The van der Waals surface area contributed by atoms with Crippen molar-refractivity contribution in [3.05, 3.63) is 24.0 Å². The summed E-state index contributed by atoms with van der Waals surface area (Å²) in [5, 5.41) is 2.83. The van der Waals surface area contributed by atoms with Gasteiger partial charge >= 0.3 is 0 Å². The van der Waals surface area contributed by atoms with Crippen LogP contribution in [0.25, 0.3) is 0 Å². The van der Waals surface area contributed by atoms with Crippen molar-refractivity contribution in [2.45, 2.75) is 20.3 Å². The quantitative estimate of drug-likeness (QED) is 0.894. The summed E-state index contributed by atoms with van der Waals surface area (Å²) in [5.41, 5.74) is 1.42. The second-order valence-corrected chi connectivity index (χ2v) is 5.15. The fraction of sp³-hybridized carbons (Fsp3) is 0.533. The van der Waals surface area contributed by atoms with Gasteiger partial charge in [0, 0.05) is 51.5 Å². The average molecular weight is 290 g/mol. The molecule has 21 heavy (non-hydrogen) atoms. The molecule has 1 aromatic heterocycles. The molecule has 6 nitrogen and oxygen atoms in total.